The van der Waals surface area contributed by atoms with Crippen molar-refractivity contribution in [1.82, 2.24) is 10.6 Å². The SMILES string of the molecule is O=C(O)N[C@@H](Cc1ccc(OC(F)(F)F)cc1)C(=O)NCCO. The third-order valence-corrected chi connectivity index (χ3v) is 2.62. The van der Waals surface area contributed by atoms with Crippen molar-refractivity contribution >= 4 is 12.0 Å². The number of ether oxygens (including phenoxy) is 1. The van der Waals surface area contributed by atoms with Gasteiger partial charge < -0.3 is 25.6 Å². The first-order valence-electron chi connectivity index (χ1n) is 6.44. The average molecular weight is 336 g/mol. The van der Waals surface area contributed by atoms with Crippen LogP contribution in [0.3, 0.4) is 0 Å². The first-order valence-corrected chi connectivity index (χ1v) is 6.44. The first-order chi connectivity index (χ1) is 10.7. The zero-order valence-electron chi connectivity index (χ0n) is 11.8. The van der Waals surface area contributed by atoms with Gasteiger partial charge in [0.1, 0.15) is 11.8 Å². The zero-order valence-corrected chi connectivity index (χ0v) is 11.8. The maximum absolute atomic E-state index is 12.0. The minimum Gasteiger partial charge on any atom is -0.465 e. The summed E-state index contributed by atoms with van der Waals surface area (Å²) >= 11 is 0. The van der Waals surface area contributed by atoms with Crippen LogP contribution in [0, 0.1) is 0 Å². The number of aliphatic hydroxyl groups is 1. The second-order valence-electron chi connectivity index (χ2n) is 4.41. The summed E-state index contributed by atoms with van der Waals surface area (Å²) < 4.78 is 39.9. The minimum atomic E-state index is -4.81. The van der Waals surface area contributed by atoms with E-state index in [0.29, 0.717) is 5.56 Å². The van der Waals surface area contributed by atoms with Gasteiger partial charge in [-0.05, 0) is 17.7 Å². The maximum Gasteiger partial charge on any atom is 0.573 e. The van der Waals surface area contributed by atoms with Crippen molar-refractivity contribution in [3.8, 4) is 5.75 Å². The number of carboxylic acid groups (broad SMARTS) is 1. The van der Waals surface area contributed by atoms with Gasteiger partial charge in [0, 0.05) is 13.0 Å². The molecule has 4 N–H and O–H groups in total. The van der Waals surface area contributed by atoms with Crippen molar-refractivity contribution in [3.63, 3.8) is 0 Å². The fourth-order valence-electron chi connectivity index (χ4n) is 1.72. The van der Waals surface area contributed by atoms with E-state index in [-0.39, 0.29) is 19.6 Å². The number of aliphatic hydroxyl groups excluding tert-OH is 1. The van der Waals surface area contributed by atoms with Crippen molar-refractivity contribution in [2.75, 3.05) is 13.2 Å². The summed E-state index contributed by atoms with van der Waals surface area (Å²) in [5.74, 6) is -1.08. The predicted octanol–water partition coefficient (Wildman–Crippen LogP) is 0.872. The fraction of sp³-hybridized carbons (Fsp3) is 0.385. The molecule has 1 aromatic carbocycles. The second-order valence-corrected chi connectivity index (χ2v) is 4.41. The van der Waals surface area contributed by atoms with Gasteiger partial charge in [-0.15, -0.1) is 13.2 Å². The Morgan fingerprint density at radius 3 is 2.30 bits per heavy atom. The minimum absolute atomic E-state index is 0.0466. The van der Waals surface area contributed by atoms with E-state index in [4.69, 9.17) is 10.2 Å². The van der Waals surface area contributed by atoms with Crippen LogP contribution in [0.25, 0.3) is 0 Å². The smallest absolute Gasteiger partial charge is 0.465 e. The summed E-state index contributed by atoms with van der Waals surface area (Å²) in [4.78, 5) is 22.5. The number of halogens is 3. The largest absolute Gasteiger partial charge is 0.573 e. The van der Waals surface area contributed by atoms with Crippen LogP contribution in [0.4, 0.5) is 18.0 Å². The van der Waals surface area contributed by atoms with Gasteiger partial charge >= 0.3 is 12.5 Å². The van der Waals surface area contributed by atoms with Crippen molar-refractivity contribution in [1.29, 1.82) is 0 Å². The van der Waals surface area contributed by atoms with Crippen LogP contribution in [0.2, 0.25) is 0 Å². The summed E-state index contributed by atoms with van der Waals surface area (Å²) in [5, 5.41) is 21.7. The van der Waals surface area contributed by atoms with E-state index in [0.717, 1.165) is 12.1 Å². The lowest BCUT2D eigenvalue weighted by Crippen LogP contribution is -2.48. The Bertz CT molecular complexity index is 533. The second kappa shape index (κ2) is 8.22. The molecule has 0 fully saturated rings. The van der Waals surface area contributed by atoms with E-state index < -0.39 is 30.2 Å². The molecule has 10 heteroatoms. The maximum atomic E-state index is 12.0. The normalized spacial score (nSPS) is 12.3. The molecule has 23 heavy (non-hydrogen) atoms. The summed E-state index contributed by atoms with van der Waals surface area (Å²) in [6.45, 7) is -0.357. The number of nitrogens with one attached hydrogen (secondary N) is 2. The molecule has 128 valence electrons. The van der Waals surface area contributed by atoms with E-state index in [1.807, 2.05) is 5.32 Å². The third kappa shape index (κ3) is 7.36. The number of hydrogen-bond donors (Lipinski definition) is 4. The summed E-state index contributed by atoms with van der Waals surface area (Å²) in [6.07, 6.45) is -6.30. The van der Waals surface area contributed by atoms with Gasteiger partial charge in [-0.1, -0.05) is 12.1 Å². The van der Waals surface area contributed by atoms with E-state index in [1.54, 1.807) is 0 Å². The van der Waals surface area contributed by atoms with Crippen LogP contribution in [0.15, 0.2) is 24.3 Å². The zero-order chi connectivity index (χ0) is 17.5. The first kappa shape index (κ1) is 18.6. The van der Waals surface area contributed by atoms with Crippen molar-refractivity contribution in [2.45, 2.75) is 18.8 Å². The van der Waals surface area contributed by atoms with Crippen LogP contribution in [-0.2, 0) is 11.2 Å². The molecule has 7 nitrogen and oxygen atoms in total. The molecular formula is C13H15F3N2O5. The van der Waals surface area contributed by atoms with Gasteiger partial charge in [-0.25, -0.2) is 4.79 Å². The highest BCUT2D eigenvalue weighted by Gasteiger charge is 2.31. The van der Waals surface area contributed by atoms with Crippen molar-refractivity contribution in [3.05, 3.63) is 29.8 Å². The Labute approximate surface area is 129 Å². The molecule has 2 amide bonds. The summed E-state index contributed by atoms with van der Waals surface area (Å²) in [6, 6.07) is 3.56. The summed E-state index contributed by atoms with van der Waals surface area (Å²) in [7, 11) is 0. The van der Waals surface area contributed by atoms with E-state index in [1.165, 1.54) is 12.1 Å². The van der Waals surface area contributed by atoms with Crippen LogP contribution >= 0.6 is 0 Å². The molecule has 0 unspecified atom stereocenters. The molecule has 0 bridgehead atoms. The van der Waals surface area contributed by atoms with Crippen LogP contribution in [-0.4, -0.2) is 47.8 Å². The van der Waals surface area contributed by atoms with E-state index in [9.17, 15) is 22.8 Å². The molecule has 0 aliphatic heterocycles. The van der Waals surface area contributed by atoms with Gasteiger partial charge in [-0.3, -0.25) is 4.79 Å². The van der Waals surface area contributed by atoms with Gasteiger partial charge in [-0.2, -0.15) is 0 Å². The van der Waals surface area contributed by atoms with E-state index in [2.05, 4.69) is 10.1 Å². The lowest BCUT2D eigenvalue weighted by Gasteiger charge is -2.17. The lowest BCUT2D eigenvalue weighted by atomic mass is 10.1. The molecule has 1 atom stereocenters. The lowest BCUT2D eigenvalue weighted by molar-refractivity contribution is -0.274. The third-order valence-electron chi connectivity index (χ3n) is 2.62. The average Bonchev–Trinajstić information content (AvgIpc) is 2.44. The molecule has 0 spiro atoms. The molecule has 0 aliphatic carbocycles. The number of carbonyl (C=O) groups excluding carboxylic acids is 1. The van der Waals surface area contributed by atoms with Crippen LogP contribution in [0.1, 0.15) is 5.56 Å². The number of hydrogen-bond acceptors (Lipinski definition) is 4. The topological polar surface area (TPSA) is 108 Å². The standard InChI is InChI=1S/C13H15F3N2O5/c14-13(15,16)23-9-3-1-8(2-4-9)7-10(18-12(21)22)11(20)17-5-6-19/h1-4,10,18-19H,5-7H2,(H,17,20)(H,21,22)/t10-/m0/s1. The van der Waals surface area contributed by atoms with Crippen LogP contribution in [0.5, 0.6) is 5.75 Å². The molecule has 0 saturated heterocycles. The number of alkyl halides is 3. The molecule has 0 aliphatic rings. The molecular weight excluding hydrogens is 321 g/mol. The molecule has 1 rings (SSSR count). The Hall–Kier alpha value is -2.49. The van der Waals surface area contributed by atoms with Gasteiger partial charge in [0.2, 0.25) is 5.91 Å². The van der Waals surface area contributed by atoms with Crippen molar-refractivity contribution < 1.29 is 37.7 Å². The van der Waals surface area contributed by atoms with Crippen LogP contribution < -0.4 is 15.4 Å². The van der Waals surface area contributed by atoms with E-state index >= 15 is 0 Å². The molecule has 0 aromatic heterocycles. The van der Waals surface area contributed by atoms with Gasteiger partial charge in [0.15, 0.2) is 0 Å². The molecule has 0 saturated carbocycles. The molecule has 1 aromatic rings. The number of benzene rings is 1. The molecule has 0 radical (unpaired) electrons. The molecule has 0 heterocycles. The van der Waals surface area contributed by atoms with Gasteiger partial charge in [0.05, 0.1) is 6.61 Å². The highest BCUT2D eigenvalue weighted by atomic mass is 19.4. The Kier molecular flexibility index (Phi) is 6.64. The monoisotopic (exact) mass is 336 g/mol. The quantitative estimate of drug-likeness (QED) is 0.591. The Morgan fingerprint density at radius 2 is 1.83 bits per heavy atom. The number of amides is 2. The predicted molar refractivity (Wildman–Crippen MR) is 71.9 cm³/mol. The van der Waals surface area contributed by atoms with Crippen molar-refractivity contribution in [2.24, 2.45) is 0 Å². The number of carbonyl (C=O) groups is 2. The fourth-order valence-corrected chi connectivity index (χ4v) is 1.72. The highest BCUT2D eigenvalue weighted by Crippen LogP contribution is 2.23. The Morgan fingerprint density at radius 1 is 1.22 bits per heavy atom. The Balaban J connectivity index is 2.74. The number of rotatable bonds is 7. The summed E-state index contributed by atoms with van der Waals surface area (Å²) in [5.41, 5.74) is 0.428. The highest BCUT2D eigenvalue weighted by molar-refractivity contribution is 5.85. The van der Waals surface area contributed by atoms with Gasteiger partial charge in [0.25, 0.3) is 0 Å².